The van der Waals surface area contributed by atoms with Gasteiger partial charge < -0.3 is 16.2 Å². The highest BCUT2D eigenvalue weighted by atomic mass is 16.5. The summed E-state index contributed by atoms with van der Waals surface area (Å²) in [6.07, 6.45) is 3.44. The second-order valence-corrected chi connectivity index (χ2v) is 4.37. The number of anilines is 1. The van der Waals surface area contributed by atoms with Gasteiger partial charge >= 0.3 is 0 Å². The van der Waals surface area contributed by atoms with E-state index >= 15 is 0 Å². The molecular weight excluding hydrogens is 218 g/mol. The van der Waals surface area contributed by atoms with Gasteiger partial charge in [-0.1, -0.05) is 13.8 Å². The Hall–Kier alpha value is -1.78. The summed E-state index contributed by atoms with van der Waals surface area (Å²) >= 11 is 0. The Morgan fingerprint density at radius 1 is 1.53 bits per heavy atom. The molecule has 1 aromatic heterocycles. The molecule has 5 nitrogen and oxygen atoms in total. The molecule has 1 aromatic rings. The predicted octanol–water partition coefficient (Wildman–Crippen LogP) is 1.58. The number of carbonyl (C=O) groups excluding carboxylic acids is 1. The van der Waals surface area contributed by atoms with Gasteiger partial charge in [0.1, 0.15) is 5.56 Å². The van der Waals surface area contributed by atoms with Crippen LogP contribution in [0.3, 0.4) is 0 Å². The van der Waals surface area contributed by atoms with E-state index in [0.717, 1.165) is 12.8 Å². The fourth-order valence-electron chi connectivity index (χ4n) is 1.42. The number of primary amides is 1. The maximum absolute atomic E-state index is 11.2. The van der Waals surface area contributed by atoms with Crippen LogP contribution in [0.4, 0.5) is 5.69 Å². The van der Waals surface area contributed by atoms with E-state index in [2.05, 4.69) is 18.8 Å². The van der Waals surface area contributed by atoms with Crippen LogP contribution < -0.4 is 16.2 Å². The Morgan fingerprint density at radius 2 is 2.24 bits per heavy atom. The number of rotatable bonds is 6. The van der Waals surface area contributed by atoms with Gasteiger partial charge in [0.2, 0.25) is 5.88 Å². The van der Waals surface area contributed by atoms with Gasteiger partial charge in [0, 0.05) is 0 Å². The summed E-state index contributed by atoms with van der Waals surface area (Å²) in [5, 5.41) is 0. The minimum absolute atomic E-state index is 0.231. The molecule has 0 saturated carbocycles. The second-order valence-electron chi connectivity index (χ2n) is 4.37. The van der Waals surface area contributed by atoms with Crippen molar-refractivity contribution >= 4 is 11.6 Å². The summed E-state index contributed by atoms with van der Waals surface area (Å²) in [5.74, 6) is 0.313. The first kappa shape index (κ1) is 13.3. The van der Waals surface area contributed by atoms with Crippen molar-refractivity contribution in [3.05, 3.63) is 17.8 Å². The minimum Gasteiger partial charge on any atom is -0.477 e. The third kappa shape index (κ3) is 4.30. The highest BCUT2D eigenvalue weighted by Gasteiger charge is 2.11. The van der Waals surface area contributed by atoms with Crippen molar-refractivity contribution in [2.75, 3.05) is 12.3 Å². The molecule has 0 aliphatic heterocycles. The highest BCUT2D eigenvalue weighted by molar-refractivity contribution is 5.95. The average molecular weight is 237 g/mol. The monoisotopic (exact) mass is 237 g/mol. The minimum atomic E-state index is -0.580. The number of carbonyl (C=O) groups is 1. The topological polar surface area (TPSA) is 91.2 Å². The molecule has 0 radical (unpaired) electrons. The molecule has 0 spiro atoms. The zero-order chi connectivity index (χ0) is 12.8. The number of amides is 1. The molecule has 0 fully saturated rings. The maximum atomic E-state index is 11.2. The van der Waals surface area contributed by atoms with Crippen LogP contribution in [-0.2, 0) is 0 Å². The Balaban J connectivity index is 2.61. The summed E-state index contributed by atoms with van der Waals surface area (Å²) in [7, 11) is 0. The van der Waals surface area contributed by atoms with E-state index in [9.17, 15) is 4.79 Å². The molecular formula is C12H19N3O2. The van der Waals surface area contributed by atoms with Crippen molar-refractivity contribution in [2.45, 2.75) is 26.7 Å². The Kier molecular flexibility index (Phi) is 4.75. The van der Waals surface area contributed by atoms with Gasteiger partial charge in [-0.2, -0.15) is 0 Å². The van der Waals surface area contributed by atoms with Gasteiger partial charge in [-0.25, -0.2) is 4.98 Å². The van der Waals surface area contributed by atoms with Crippen molar-refractivity contribution < 1.29 is 9.53 Å². The Labute approximate surface area is 101 Å². The standard InChI is InChI=1S/C12H19N3O2/c1-8(2)4-3-5-17-12-10(11(14)16)6-9(13)7-15-12/h6-8H,3-5,13H2,1-2H3,(H2,14,16). The molecule has 94 valence electrons. The fourth-order valence-corrected chi connectivity index (χ4v) is 1.42. The number of nitrogens with two attached hydrogens (primary N) is 2. The number of ether oxygens (including phenoxy) is 1. The van der Waals surface area contributed by atoms with Gasteiger partial charge in [-0.05, 0) is 24.8 Å². The quantitative estimate of drug-likeness (QED) is 0.735. The van der Waals surface area contributed by atoms with Crippen molar-refractivity contribution in [3.8, 4) is 5.88 Å². The fraction of sp³-hybridized carbons (Fsp3) is 0.500. The molecule has 1 rings (SSSR count). The largest absolute Gasteiger partial charge is 0.477 e. The van der Waals surface area contributed by atoms with E-state index in [-0.39, 0.29) is 11.4 Å². The van der Waals surface area contributed by atoms with Crippen LogP contribution in [0.2, 0.25) is 0 Å². The molecule has 4 N–H and O–H groups in total. The predicted molar refractivity (Wildman–Crippen MR) is 66.7 cm³/mol. The highest BCUT2D eigenvalue weighted by Crippen LogP contribution is 2.17. The Morgan fingerprint density at radius 3 is 2.82 bits per heavy atom. The van der Waals surface area contributed by atoms with E-state index in [0.29, 0.717) is 18.2 Å². The summed E-state index contributed by atoms with van der Waals surface area (Å²) in [4.78, 5) is 15.1. The normalized spacial score (nSPS) is 10.5. The van der Waals surface area contributed by atoms with Crippen molar-refractivity contribution in [2.24, 2.45) is 11.7 Å². The van der Waals surface area contributed by atoms with E-state index in [1.807, 2.05) is 0 Å². The number of hydrogen-bond donors (Lipinski definition) is 2. The molecule has 1 heterocycles. The van der Waals surface area contributed by atoms with Crippen molar-refractivity contribution in [1.82, 2.24) is 4.98 Å². The first-order chi connectivity index (χ1) is 8.00. The van der Waals surface area contributed by atoms with Gasteiger partial charge in [-0.3, -0.25) is 4.79 Å². The van der Waals surface area contributed by atoms with E-state index in [1.54, 1.807) is 0 Å². The number of nitrogens with zero attached hydrogens (tertiary/aromatic N) is 1. The molecule has 0 saturated heterocycles. The van der Waals surface area contributed by atoms with Crippen molar-refractivity contribution in [1.29, 1.82) is 0 Å². The Bertz CT molecular complexity index is 391. The summed E-state index contributed by atoms with van der Waals surface area (Å²) < 4.78 is 5.44. The van der Waals surface area contributed by atoms with Crippen LogP contribution >= 0.6 is 0 Å². The van der Waals surface area contributed by atoms with Gasteiger partial charge in [-0.15, -0.1) is 0 Å². The number of hydrogen-bond acceptors (Lipinski definition) is 4. The summed E-state index contributed by atoms with van der Waals surface area (Å²) in [5.41, 5.74) is 11.4. The lowest BCUT2D eigenvalue weighted by Gasteiger charge is -2.09. The molecule has 0 atom stereocenters. The summed E-state index contributed by atoms with van der Waals surface area (Å²) in [6.45, 7) is 4.82. The lowest BCUT2D eigenvalue weighted by atomic mass is 10.1. The van der Waals surface area contributed by atoms with E-state index in [1.165, 1.54) is 12.3 Å². The third-order valence-corrected chi connectivity index (χ3v) is 2.30. The molecule has 0 aliphatic rings. The second kappa shape index (κ2) is 6.08. The lowest BCUT2D eigenvalue weighted by molar-refractivity contribution is 0.0995. The maximum Gasteiger partial charge on any atom is 0.254 e. The van der Waals surface area contributed by atoms with Crippen LogP contribution in [0.5, 0.6) is 5.88 Å². The van der Waals surface area contributed by atoms with Crippen LogP contribution in [0.25, 0.3) is 0 Å². The van der Waals surface area contributed by atoms with Gasteiger partial charge in [0.15, 0.2) is 0 Å². The van der Waals surface area contributed by atoms with Crippen LogP contribution in [-0.4, -0.2) is 17.5 Å². The van der Waals surface area contributed by atoms with Gasteiger partial charge in [0.05, 0.1) is 18.5 Å². The molecule has 5 heteroatoms. The average Bonchev–Trinajstić information content (AvgIpc) is 2.25. The zero-order valence-corrected chi connectivity index (χ0v) is 10.3. The van der Waals surface area contributed by atoms with Gasteiger partial charge in [0.25, 0.3) is 5.91 Å². The SMILES string of the molecule is CC(C)CCCOc1ncc(N)cc1C(N)=O. The smallest absolute Gasteiger partial charge is 0.254 e. The van der Waals surface area contributed by atoms with E-state index in [4.69, 9.17) is 16.2 Å². The number of aromatic nitrogens is 1. The van der Waals surface area contributed by atoms with Crippen LogP contribution in [0, 0.1) is 5.92 Å². The van der Waals surface area contributed by atoms with E-state index < -0.39 is 5.91 Å². The number of pyridine rings is 1. The third-order valence-electron chi connectivity index (χ3n) is 2.30. The molecule has 0 aliphatic carbocycles. The van der Waals surface area contributed by atoms with Crippen LogP contribution in [0.1, 0.15) is 37.0 Å². The zero-order valence-electron chi connectivity index (χ0n) is 10.3. The molecule has 17 heavy (non-hydrogen) atoms. The molecule has 0 aromatic carbocycles. The first-order valence-electron chi connectivity index (χ1n) is 5.69. The van der Waals surface area contributed by atoms with Crippen LogP contribution in [0.15, 0.2) is 12.3 Å². The number of nitrogen functional groups attached to an aromatic ring is 1. The molecule has 1 amide bonds. The lowest BCUT2D eigenvalue weighted by Crippen LogP contribution is -2.15. The molecule has 0 unspecified atom stereocenters. The summed E-state index contributed by atoms with van der Waals surface area (Å²) in [6, 6.07) is 1.48. The molecule has 0 bridgehead atoms. The first-order valence-corrected chi connectivity index (χ1v) is 5.69. The van der Waals surface area contributed by atoms with Crippen molar-refractivity contribution in [3.63, 3.8) is 0 Å².